The van der Waals surface area contributed by atoms with Crippen LogP contribution in [-0.4, -0.2) is 28.3 Å². The van der Waals surface area contributed by atoms with Crippen molar-refractivity contribution in [3.05, 3.63) is 71.9 Å². The summed E-state index contributed by atoms with van der Waals surface area (Å²) in [5, 5.41) is 14.0. The fraction of sp³-hybridized carbons (Fsp3) is 0.150. The van der Waals surface area contributed by atoms with Crippen molar-refractivity contribution in [2.45, 2.75) is 19.6 Å². The first-order valence-corrected chi connectivity index (χ1v) is 8.20. The third-order valence-electron chi connectivity index (χ3n) is 3.78. The van der Waals surface area contributed by atoms with Gasteiger partial charge in [0.1, 0.15) is 5.75 Å². The summed E-state index contributed by atoms with van der Waals surface area (Å²) in [5.74, 6) is 0.235. The minimum Gasteiger partial charge on any atom is -0.481 e. The molecule has 0 saturated carbocycles. The van der Waals surface area contributed by atoms with Gasteiger partial charge < -0.3 is 9.84 Å². The average Bonchev–Trinajstić information content (AvgIpc) is 2.68. The summed E-state index contributed by atoms with van der Waals surface area (Å²) in [6.45, 7) is 1.62. The van der Waals surface area contributed by atoms with Gasteiger partial charge in [0.2, 0.25) is 0 Å². The van der Waals surface area contributed by atoms with Crippen molar-refractivity contribution in [2.24, 2.45) is 5.10 Å². The Hall–Kier alpha value is -3.25. The van der Waals surface area contributed by atoms with Crippen LogP contribution >= 0.6 is 0 Å². The average molecular weight is 349 g/mol. The Bertz CT molecular complexity index is 940. The summed E-state index contributed by atoms with van der Waals surface area (Å²) in [5.41, 5.74) is 4.89. The topological polar surface area (TPSA) is 83.8 Å². The number of hydrogen-bond acceptors (Lipinski definition) is 5. The summed E-state index contributed by atoms with van der Waals surface area (Å²) in [6.07, 6.45) is 2.55. The number of aromatic nitrogens is 1. The number of nitrogens with zero attached hydrogens (tertiary/aromatic N) is 2. The minimum absolute atomic E-state index is 0.0415. The van der Waals surface area contributed by atoms with Crippen molar-refractivity contribution in [1.82, 2.24) is 10.4 Å². The lowest BCUT2D eigenvalue weighted by Gasteiger charge is -2.13. The van der Waals surface area contributed by atoms with E-state index in [2.05, 4.69) is 15.5 Å². The maximum absolute atomic E-state index is 12.1. The number of aliphatic hydroxyl groups excluding tert-OH is 1. The van der Waals surface area contributed by atoms with Crippen molar-refractivity contribution in [2.75, 3.05) is 0 Å². The summed E-state index contributed by atoms with van der Waals surface area (Å²) in [7, 11) is 0. The number of carbonyl (C=O) groups is 1. The Balaban J connectivity index is 1.59. The Morgan fingerprint density at radius 1 is 1.27 bits per heavy atom. The van der Waals surface area contributed by atoms with Crippen LogP contribution in [0.2, 0.25) is 0 Å². The normalized spacial score (nSPS) is 12.2. The van der Waals surface area contributed by atoms with E-state index in [4.69, 9.17) is 9.84 Å². The van der Waals surface area contributed by atoms with Gasteiger partial charge in [0.15, 0.2) is 6.10 Å². The molecule has 2 aromatic carbocycles. The molecule has 6 nitrogen and oxygen atoms in total. The van der Waals surface area contributed by atoms with Gasteiger partial charge in [-0.25, -0.2) is 5.43 Å². The first kappa shape index (κ1) is 17.6. The fourth-order valence-corrected chi connectivity index (χ4v) is 2.42. The van der Waals surface area contributed by atoms with E-state index in [1.165, 1.54) is 6.21 Å². The molecular formula is C20H19N3O3. The molecule has 0 saturated heterocycles. The Morgan fingerprint density at radius 2 is 2.15 bits per heavy atom. The van der Waals surface area contributed by atoms with Gasteiger partial charge in [0.25, 0.3) is 5.91 Å². The molecule has 1 amide bonds. The SMILES string of the molecule is CC(Oc1ccc2ncccc2c1)C(=O)N/N=C/c1cccc(CO)c1. The summed E-state index contributed by atoms with van der Waals surface area (Å²) >= 11 is 0. The van der Waals surface area contributed by atoms with Gasteiger partial charge in [0.05, 0.1) is 18.3 Å². The van der Waals surface area contributed by atoms with Crippen LogP contribution in [0.1, 0.15) is 18.1 Å². The van der Waals surface area contributed by atoms with Crippen LogP contribution in [0.5, 0.6) is 5.75 Å². The second kappa shape index (κ2) is 8.22. The highest BCUT2D eigenvalue weighted by molar-refractivity contribution is 5.85. The van der Waals surface area contributed by atoms with Crippen molar-refractivity contribution in [1.29, 1.82) is 0 Å². The molecule has 3 rings (SSSR count). The van der Waals surface area contributed by atoms with E-state index < -0.39 is 6.10 Å². The quantitative estimate of drug-likeness (QED) is 0.529. The van der Waals surface area contributed by atoms with Crippen molar-refractivity contribution < 1.29 is 14.6 Å². The molecule has 0 aliphatic carbocycles. The van der Waals surface area contributed by atoms with Gasteiger partial charge in [-0.1, -0.05) is 24.3 Å². The summed E-state index contributed by atoms with van der Waals surface area (Å²) in [6, 6.07) is 16.5. The molecule has 1 heterocycles. The standard InChI is InChI=1S/C20H19N3O3/c1-14(26-18-7-8-19-17(11-18)6-3-9-21-19)20(25)23-22-12-15-4-2-5-16(10-15)13-24/h2-12,14,24H,13H2,1H3,(H,23,25)/b22-12+. The molecule has 0 spiro atoms. The smallest absolute Gasteiger partial charge is 0.280 e. The van der Waals surface area contributed by atoms with Gasteiger partial charge in [-0.15, -0.1) is 0 Å². The molecule has 2 N–H and O–H groups in total. The zero-order valence-corrected chi connectivity index (χ0v) is 14.3. The highest BCUT2D eigenvalue weighted by atomic mass is 16.5. The number of amides is 1. The number of hydrogen-bond donors (Lipinski definition) is 2. The van der Waals surface area contributed by atoms with Crippen LogP contribution in [0.25, 0.3) is 10.9 Å². The third-order valence-corrected chi connectivity index (χ3v) is 3.78. The molecular weight excluding hydrogens is 330 g/mol. The van der Waals surface area contributed by atoms with Crippen LogP contribution in [0, 0.1) is 0 Å². The maximum Gasteiger partial charge on any atom is 0.280 e. The van der Waals surface area contributed by atoms with Crippen LogP contribution < -0.4 is 10.2 Å². The molecule has 3 aromatic rings. The fourth-order valence-electron chi connectivity index (χ4n) is 2.42. The maximum atomic E-state index is 12.1. The van der Waals surface area contributed by atoms with Crippen molar-refractivity contribution in [3.63, 3.8) is 0 Å². The molecule has 0 aliphatic heterocycles. The highest BCUT2D eigenvalue weighted by Crippen LogP contribution is 2.19. The molecule has 1 unspecified atom stereocenters. The van der Waals surface area contributed by atoms with Crippen LogP contribution in [0.3, 0.4) is 0 Å². The molecule has 0 bridgehead atoms. The van der Waals surface area contributed by atoms with Gasteiger partial charge >= 0.3 is 0 Å². The van der Waals surface area contributed by atoms with E-state index in [0.29, 0.717) is 5.75 Å². The number of aliphatic hydroxyl groups is 1. The van der Waals surface area contributed by atoms with E-state index in [-0.39, 0.29) is 12.5 Å². The van der Waals surface area contributed by atoms with Gasteiger partial charge in [0, 0.05) is 11.6 Å². The lowest BCUT2D eigenvalue weighted by atomic mass is 10.1. The van der Waals surface area contributed by atoms with E-state index >= 15 is 0 Å². The molecule has 6 heteroatoms. The monoisotopic (exact) mass is 349 g/mol. The Labute approximate surface area is 151 Å². The second-order valence-electron chi connectivity index (χ2n) is 5.76. The highest BCUT2D eigenvalue weighted by Gasteiger charge is 2.14. The van der Waals surface area contributed by atoms with E-state index in [1.807, 2.05) is 42.5 Å². The lowest BCUT2D eigenvalue weighted by Crippen LogP contribution is -2.33. The predicted molar refractivity (Wildman–Crippen MR) is 99.9 cm³/mol. The Kier molecular flexibility index (Phi) is 5.56. The number of rotatable bonds is 6. The number of pyridine rings is 1. The number of hydrazone groups is 1. The third kappa shape index (κ3) is 4.43. The molecule has 26 heavy (non-hydrogen) atoms. The number of fused-ring (bicyclic) bond motifs is 1. The molecule has 0 aliphatic rings. The van der Waals surface area contributed by atoms with Crippen molar-refractivity contribution in [3.8, 4) is 5.75 Å². The van der Waals surface area contributed by atoms with Gasteiger partial charge in [-0.2, -0.15) is 5.10 Å². The summed E-state index contributed by atoms with van der Waals surface area (Å²) in [4.78, 5) is 16.4. The molecule has 1 aromatic heterocycles. The molecule has 132 valence electrons. The lowest BCUT2D eigenvalue weighted by molar-refractivity contribution is -0.127. The first-order valence-electron chi connectivity index (χ1n) is 8.20. The Morgan fingerprint density at radius 3 is 3.00 bits per heavy atom. The first-order chi connectivity index (χ1) is 12.7. The van der Waals surface area contributed by atoms with E-state index in [0.717, 1.165) is 22.0 Å². The van der Waals surface area contributed by atoms with E-state index in [1.54, 1.807) is 25.3 Å². The predicted octanol–water partition coefficient (Wildman–Crippen LogP) is 2.64. The zero-order chi connectivity index (χ0) is 18.4. The largest absolute Gasteiger partial charge is 0.481 e. The molecule has 0 fully saturated rings. The minimum atomic E-state index is -0.704. The molecule has 0 radical (unpaired) electrons. The molecule has 1 atom stereocenters. The van der Waals surface area contributed by atoms with Gasteiger partial charge in [-0.05, 0) is 48.4 Å². The van der Waals surface area contributed by atoms with Crippen LogP contribution in [0.15, 0.2) is 65.9 Å². The van der Waals surface area contributed by atoms with E-state index in [9.17, 15) is 4.79 Å². The van der Waals surface area contributed by atoms with Crippen LogP contribution in [-0.2, 0) is 11.4 Å². The van der Waals surface area contributed by atoms with Gasteiger partial charge in [-0.3, -0.25) is 9.78 Å². The summed E-state index contributed by atoms with van der Waals surface area (Å²) < 4.78 is 5.68. The van der Waals surface area contributed by atoms with Crippen molar-refractivity contribution >= 4 is 23.0 Å². The number of carbonyl (C=O) groups excluding carboxylic acids is 1. The number of ether oxygens (including phenoxy) is 1. The number of nitrogens with one attached hydrogen (secondary N) is 1. The number of benzene rings is 2. The second-order valence-corrected chi connectivity index (χ2v) is 5.76. The zero-order valence-electron chi connectivity index (χ0n) is 14.3. The van der Waals surface area contributed by atoms with Crippen LogP contribution in [0.4, 0.5) is 0 Å².